The van der Waals surface area contributed by atoms with E-state index in [2.05, 4.69) is 17.3 Å². The standard InChI is InChI=1S/C8H13N3/c1-2-7-4-6-11-8(10-7)3-5-9-11/h3,5,7,10H,2,4,6H2,1H3. The molecule has 1 aromatic rings. The van der Waals surface area contributed by atoms with Crippen LogP contribution in [0.15, 0.2) is 12.3 Å². The van der Waals surface area contributed by atoms with Gasteiger partial charge in [-0.3, -0.25) is 0 Å². The normalized spacial score (nSPS) is 22.5. The summed E-state index contributed by atoms with van der Waals surface area (Å²) >= 11 is 0. The summed E-state index contributed by atoms with van der Waals surface area (Å²) in [4.78, 5) is 0. The maximum Gasteiger partial charge on any atom is 0.124 e. The van der Waals surface area contributed by atoms with E-state index < -0.39 is 0 Å². The second-order valence-electron chi connectivity index (χ2n) is 2.98. The van der Waals surface area contributed by atoms with E-state index in [1.54, 1.807) is 0 Å². The number of hydrogen-bond donors (Lipinski definition) is 1. The molecule has 1 N–H and O–H groups in total. The SMILES string of the molecule is CCC1CCn2nccc2N1. The van der Waals surface area contributed by atoms with Gasteiger partial charge in [0, 0.05) is 18.7 Å². The molecule has 1 atom stereocenters. The molecule has 3 heteroatoms. The van der Waals surface area contributed by atoms with Crippen LogP contribution in [0.25, 0.3) is 0 Å². The van der Waals surface area contributed by atoms with Gasteiger partial charge in [-0.15, -0.1) is 0 Å². The van der Waals surface area contributed by atoms with Gasteiger partial charge in [-0.1, -0.05) is 6.92 Å². The predicted molar refractivity (Wildman–Crippen MR) is 44.5 cm³/mol. The van der Waals surface area contributed by atoms with Crippen molar-refractivity contribution in [2.24, 2.45) is 0 Å². The molecule has 0 radical (unpaired) electrons. The Hall–Kier alpha value is -0.990. The number of anilines is 1. The van der Waals surface area contributed by atoms with Crippen LogP contribution in [0, 0.1) is 0 Å². The first-order valence-electron chi connectivity index (χ1n) is 4.18. The highest BCUT2D eigenvalue weighted by atomic mass is 15.3. The van der Waals surface area contributed by atoms with Crippen molar-refractivity contribution in [3.63, 3.8) is 0 Å². The van der Waals surface area contributed by atoms with Gasteiger partial charge in [-0.2, -0.15) is 5.10 Å². The number of fused-ring (bicyclic) bond motifs is 1. The van der Waals surface area contributed by atoms with Crippen LogP contribution in [-0.2, 0) is 6.54 Å². The van der Waals surface area contributed by atoms with Crippen molar-refractivity contribution in [2.75, 3.05) is 5.32 Å². The van der Waals surface area contributed by atoms with E-state index in [1.165, 1.54) is 18.7 Å². The zero-order valence-corrected chi connectivity index (χ0v) is 6.75. The number of nitrogens with zero attached hydrogens (tertiary/aromatic N) is 2. The molecular weight excluding hydrogens is 138 g/mol. The number of aryl methyl sites for hydroxylation is 1. The van der Waals surface area contributed by atoms with Gasteiger partial charge in [0.25, 0.3) is 0 Å². The van der Waals surface area contributed by atoms with Crippen molar-refractivity contribution >= 4 is 5.82 Å². The van der Waals surface area contributed by atoms with Gasteiger partial charge in [0.1, 0.15) is 5.82 Å². The Morgan fingerprint density at radius 3 is 3.55 bits per heavy atom. The van der Waals surface area contributed by atoms with E-state index in [4.69, 9.17) is 0 Å². The van der Waals surface area contributed by atoms with Gasteiger partial charge < -0.3 is 5.32 Å². The lowest BCUT2D eigenvalue weighted by atomic mass is 10.1. The number of aromatic nitrogens is 2. The van der Waals surface area contributed by atoms with Crippen LogP contribution in [0.2, 0.25) is 0 Å². The van der Waals surface area contributed by atoms with Crippen LogP contribution < -0.4 is 5.32 Å². The average molecular weight is 151 g/mol. The van der Waals surface area contributed by atoms with Crippen LogP contribution in [0.4, 0.5) is 5.82 Å². The lowest BCUT2D eigenvalue weighted by Gasteiger charge is -2.24. The minimum Gasteiger partial charge on any atom is -0.367 e. The Morgan fingerprint density at radius 2 is 2.73 bits per heavy atom. The van der Waals surface area contributed by atoms with Crippen LogP contribution in [0.5, 0.6) is 0 Å². The lowest BCUT2D eigenvalue weighted by Crippen LogP contribution is -2.27. The van der Waals surface area contributed by atoms with Crippen LogP contribution in [0.1, 0.15) is 19.8 Å². The number of rotatable bonds is 1. The first kappa shape index (κ1) is 6.70. The first-order chi connectivity index (χ1) is 5.40. The van der Waals surface area contributed by atoms with Crippen molar-refractivity contribution < 1.29 is 0 Å². The van der Waals surface area contributed by atoms with E-state index in [0.29, 0.717) is 6.04 Å². The summed E-state index contributed by atoms with van der Waals surface area (Å²) in [6.07, 6.45) is 4.25. The van der Waals surface area contributed by atoms with Crippen molar-refractivity contribution in [2.45, 2.75) is 32.4 Å². The third-order valence-corrected chi connectivity index (χ3v) is 2.25. The number of hydrogen-bond acceptors (Lipinski definition) is 2. The molecule has 0 saturated carbocycles. The molecule has 1 aliphatic heterocycles. The zero-order valence-electron chi connectivity index (χ0n) is 6.75. The molecule has 0 spiro atoms. The third-order valence-electron chi connectivity index (χ3n) is 2.25. The fraction of sp³-hybridized carbons (Fsp3) is 0.625. The molecule has 1 aromatic heterocycles. The topological polar surface area (TPSA) is 29.9 Å². The van der Waals surface area contributed by atoms with Gasteiger partial charge in [0.05, 0.1) is 6.20 Å². The molecule has 0 saturated heterocycles. The average Bonchev–Trinajstić information content (AvgIpc) is 2.50. The molecule has 0 bridgehead atoms. The monoisotopic (exact) mass is 151 g/mol. The molecule has 0 aromatic carbocycles. The Morgan fingerprint density at radius 1 is 1.82 bits per heavy atom. The third kappa shape index (κ3) is 1.11. The minimum atomic E-state index is 0.652. The van der Waals surface area contributed by atoms with Crippen molar-refractivity contribution in [3.8, 4) is 0 Å². The van der Waals surface area contributed by atoms with Crippen molar-refractivity contribution in [1.82, 2.24) is 9.78 Å². The minimum absolute atomic E-state index is 0.652. The Kier molecular flexibility index (Phi) is 1.56. The van der Waals surface area contributed by atoms with E-state index in [-0.39, 0.29) is 0 Å². The van der Waals surface area contributed by atoms with Gasteiger partial charge in [-0.25, -0.2) is 4.68 Å². The van der Waals surface area contributed by atoms with Crippen LogP contribution in [0.3, 0.4) is 0 Å². The zero-order chi connectivity index (χ0) is 7.68. The molecular formula is C8H13N3. The van der Waals surface area contributed by atoms with Gasteiger partial charge in [0.2, 0.25) is 0 Å². The number of nitrogens with one attached hydrogen (secondary N) is 1. The molecule has 0 fully saturated rings. The highest BCUT2D eigenvalue weighted by Crippen LogP contribution is 2.17. The summed E-state index contributed by atoms with van der Waals surface area (Å²) in [5, 5.41) is 7.61. The fourth-order valence-electron chi connectivity index (χ4n) is 1.50. The van der Waals surface area contributed by atoms with E-state index in [9.17, 15) is 0 Å². The quantitative estimate of drug-likeness (QED) is 0.658. The Balaban J connectivity index is 2.18. The van der Waals surface area contributed by atoms with Crippen LogP contribution >= 0.6 is 0 Å². The highest BCUT2D eigenvalue weighted by molar-refractivity contribution is 5.36. The van der Waals surface area contributed by atoms with Crippen LogP contribution in [-0.4, -0.2) is 15.8 Å². The summed E-state index contributed by atoms with van der Waals surface area (Å²) in [7, 11) is 0. The molecule has 1 aliphatic rings. The van der Waals surface area contributed by atoms with E-state index in [0.717, 1.165) is 6.54 Å². The molecule has 1 unspecified atom stereocenters. The lowest BCUT2D eigenvalue weighted by molar-refractivity contribution is 0.486. The van der Waals surface area contributed by atoms with Crippen molar-refractivity contribution in [3.05, 3.63) is 12.3 Å². The Bertz CT molecular complexity index is 241. The summed E-state index contributed by atoms with van der Waals surface area (Å²) in [6, 6.07) is 2.68. The molecule has 0 amide bonds. The van der Waals surface area contributed by atoms with E-state index >= 15 is 0 Å². The molecule has 2 rings (SSSR count). The summed E-state index contributed by atoms with van der Waals surface area (Å²) in [5.74, 6) is 1.17. The summed E-state index contributed by atoms with van der Waals surface area (Å²) in [5.41, 5.74) is 0. The molecule has 60 valence electrons. The molecule has 2 heterocycles. The highest BCUT2D eigenvalue weighted by Gasteiger charge is 2.14. The predicted octanol–water partition coefficient (Wildman–Crippen LogP) is 1.48. The van der Waals surface area contributed by atoms with E-state index in [1.807, 2.05) is 16.9 Å². The van der Waals surface area contributed by atoms with Crippen molar-refractivity contribution in [1.29, 1.82) is 0 Å². The fourth-order valence-corrected chi connectivity index (χ4v) is 1.50. The largest absolute Gasteiger partial charge is 0.367 e. The van der Waals surface area contributed by atoms with Gasteiger partial charge in [0.15, 0.2) is 0 Å². The smallest absolute Gasteiger partial charge is 0.124 e. The second kappa shape index (κ2) is 2.57. The summed E-state index contributed by atoms with van der Waals surface area (Å²) in [6.45, 7) is 3.28. The van der Waals surface area contributed by atoms with Gasteiger partial charge in [-0.05, 0) is 12.8 Å². The molecule has 3 nitrogen and oxygen atoms in total. The molecule has 11 heavy (non-hydrogen) atoms. The summed E-state index contributed by atoms with van der Waals surface area (Å²) < 4.78 is 2.02. The molecule has 0 aliphatic carbocycles. The maximum atomic E-state index is 4.18. The Labute approximate surface area is 66.4 Å². The van der Waals surface area contributed by atoms with Gasteiger partial charge >= 0.3 is 0 Å². The first-order valence-corrected chi connectivity index (χ1v) is 4.18. The second-order valence-corrected chi connectivity index (χ2v) is 2.98. The maximum absolute atomic E-state index is 4.18.